The zero-order chi connectivity index (χ0) is 20.2. The van der Waals surface area contributed by atoms with Gasteiger partial charge in [0.25, 0.3) is 0 Å². The molecule has 0 aromatic heterocycles. The van der Waals surface area contributed by atoms with Gasteiger partial charge in [-0.05, 0) is 35.7 Å². The summed E-state index contributed by atoms with van der Waals surface area (Å²) in [6.07, 6.45) is 0.995. The van der Waals surface area contributed by atoms with Gasteiger partial charge in [0.1, 0.15) is 6.54 Å². The number of fused-ring (bicyclic) bond motifs is 1. The molecular formula is C24H21BrN2O2. The van der Waals surface area contributed by atoms with Gasteiger partial charge in [-0.2, -0.15) is 0 Å². The van der Waals surface area contributed by atoms with E-state index in [1.165, 1.54) is 0 Å². The fourth-order valence-electron chi connectivity index (χ4n) is 3.74. The summed E-state index contributed by atoms with van der Waals surface area (Å²) in [6, 6.07) is 25.2. The number of hydrogen-bond acceptors (Lipinski definition) is 2. The maximum atomic E-state index is 13.3. The van der Waals surface area contributed by atoms with Crippen molar-refractivity contribution in [2.45, 2.75) is 18.9 Å². The van der Waals surface area contributed by atoms with Crippen molar-refractivity contribution in [3.63, 3.8) is 0 Å². The number of anilines is 1. The highest BCUT2D eigenvalue weighted by Crippen LogP contribution is 2.37. The van der Waals surface area contributed by atoms with Gasteiger partial charge in [0.15, 0.2) is 0 Å². The van der Waals surface area contributed by atoms with Crippen LogP contribution in [0.4, 0.5) is 5.69 Å². The molecule has 0 saturated heterocycles. The molecule has 1 aliphatic heterocycles. The third-order valence-electron chi connectivity index (χ3n) is 5.11. The Bertz CT molecular complexity index is 1020. The average Bonchev–Trinajstić information content (AvgIpc) is 2.89. The predicted octanol–water partition coefficient (Wildman–Crippen LogP) is 4.95. The van der Waals surface area contributed by atoms with E-state index in [2.05, 4.69) is 21.2 Å². The maximum Gasteiger partial charge on any atom is 0.244 e. The molecule has 3 aromatic rings. The zero-order valence-electron chi connectivity index (χ0n) is 15.8. The van der Waals surface area contributed by atoms with Crippen LogP contribution in [0.15, 0.2) is 83.3 Å². The van der Waals surface area contributed by atoms with Crippen LogP contribution in [-0.4, -0.2) is 23.3 Å². The smallest absolute Gasteiger partial charge is 0.244 e. The first-order valence-corrected chi connectivity index (χ1v) is 10.4. The molecule has 1 atom stereocenters. The molecule has 146 valence electrons. The summed E-state index contributed by atoms with van der Waals surface area (Å²) >= 11 is 3.53. The fourth-order valence-corrected chi connectivity index (χ4v) is 4.12. The number of carbonyl (C=O) groups excluding carboxylic acids is 2. The third kappa shape index (κ3) is 4.40. The van der Waals surface area contributed by atoms with E-state index in [1.807, 2.05) is 78.9 Å². The lowest BCUT2D eigenvalue weighted by molar-refractivity contribution is -0.136. The highest BCUT2D eigenvalue weighted by molar-refractivity contribution is 9.10. The Kier molecular flexibility index (Phi) is 5.76. The molecule has 0 spiro atoms. The number of carbonyl (C=O) groups is 2. The van der Waals surface area contributed by atoms with E-state index in [1.54, 1.807) is 4.90 Å². The monoisotopic (exact) mass is 448 g/mol. The molecule has 1 aliphatic rings. The Morgan fingerprint density at radius 1 is 1.00 bits per heavy atom. The van der Waals surface area contributed by atoms with Crippen molar-refractivity contribution < 1.29 is 9.59 Å². The quantitative estimate of drug-likeness (QED) is 0.613. The topological polar surface area (TPSA) is 49.4 Å². The molecule has 2 amide bonds. The predicted molar refractivity (Wildman–Crippen MR) is 118 cm³/mol. The van der Waals surface area contributed by atoms with E-state index in [4.69, 9.17) is 0 Å². The lowest BCUT2D eigenvalue weighted by atomic mass is 9.95. The van der Waals surface area contributed by atoms with E-state index >= 15 is 0 Å². The number of benzene rings is 3. The molecule has 0 aliphatic carbocycles. The summed E-state index contributed by atoms with van der Waals surface area (Å²) in [7, 11) is 0. The average molecular weight is 449 g/mol. The van der Waals surface area contributed by atoms with E-state index in [-0.39, 0.29) is 24.4 Å². The second-order valence-electron chi connectivity index (χ2n) is 7.10. The molecular weight excluding hydrogens is 428 g/mol. The molecule has 5 heteroatoms. The van der Waals surface area contributed by atoms with Crippen LogP contribution in [0, 0.1) is 0 Å². The van der Waals surface area contributed by atoms with Crippen LogP contribution >= 0.6 is 15.9 Å². The minimum atomic E-state index is -0.328. The van der Waals surface area contributed by atoms with Crippen LogP contribution in [0.3, 0.4) is 0 Å². The van der Waals surface area contributed by atoms with Crippen LogP contribution in [-0.2, 0) is 16.0 Å². The van der Waals surface area contributed by atoms with Gasteiger partial charge < -0.3 is 10.2 Å². The molecule has 0 fully saturated rings. The molecule has 1 N–H and O–H groups in total. The summed E-state index contributed by atoms with van der Waals surface area (Å²) < 4.78 is 0.907. The Labute approximate surface area is 178 Å². The molecule has 3 aromatic carbocycles. The van der Waals surface area contributed by atoms with Crippen LogP contribution in [0.5, 0.6) is 0 Å². The number of rotatable bonds is 4. The van der Waals surface area contributed by atoms with Crippen LogP contribution in [0.1, 0.15) is 29.2 Å². The van der Waals surface area contributed by atoms with Gasteiger partial charge in [-0.1, -0.05) is 76.6 Å². The van der Waals surface area contributed by atoms with Crippen LogP contribution in [0.2, 0.25) is 0 Å². The molecule has 29 heavy (non-hydrogen) atoms. The lowest BCUT2D eigenvalue weighted by Crippen LogP contribution is -2.39. The first-order valence-electron chi connectivity index (χ1n) is 9.59. The molecule has 0 saturated carbocycles. The molecule has 4 nitrogen and oxygen atoms in total. The van der Waals surface area contributed by atoms with Crippen molar-refractivity contribution in [2.75, 3.05) is 11.9 Å². The molecule has 0 radical (unpaired) electrons. The fraction of sp³-hybridized carbons (Fsp3) is 0.167. The van der Waals surface area contributed by atoms with E-state index in [0.717, 1.165) is 26.9 Å². The minimum absolute atomic E-state index is 0.0273. The second kappa shape index (κ2) is 8.62. The summed E-state index contributed by atoms with van der Waals surface area (Å²) in [5, 5.41) is 2.95. The molecule has 0 bridgehead atoms. The standard InChI is InChI=1S/C24H21BrN2O2/c25-19-12-13-21-20(15-19)24(18-9-5-2-6-10-18)27(16-22(28)26-21)23(29)14-11-17-7-3-1-4-8-17/h1-10,12-13,15,24H,11,14,16H2,(H,26,28). The van der Waals surface area contributed by atoms with Crippen molar-refractivity contribution in [3.05, 3.63) is 100 Å². The van der Waals surface area contributed by atoms with Gasteiger partial charge in [0.2, 0.25) is 11.8 Å². The van der Waals surface area contributed by atoms with Crippen LogP contribution in [0.25, 0.3) is 0 Å². The molecule has 4 rings (SSSR count). The van der Waals surface area contributed by atoms with Crippen molar-refractivity contribution >= 4 is 33.4 Å². The Hall–Kier alpha value is -2.92. The number of halogens is 1. The maximum absolute atomic E-state index is 13.3. The minimum Gasteiger partial charge on any atom is -0.324 e. The van der Waals surface area contributed by atoms with Gasteiger partial charge in [0, 0.05) is 22.1 Å². The lowest BCUT2D eigenvalue weighted by Gasteiger charge is -2.31. The second-order valence-corrected chi connectivity index (χ2v) is 8.02. The van der Waals surface area contributed by atoms with Crippen molar-refractivity contribution in [1.29, 1.82) is 0 Å². The van der Waals surface area contributed by atoms with Crippen molar-refractivity contribution in [3.8, 4) is 0 Å². The SMILES string of the molecule is O=C1CN(C(=O)CCc2ccccc2)C(c2ccccc2)c2cc(Br)ccc2N1. The zero-order valence-corrected chi connectivity index (χ0v) is 17.4. The summed E-state index contributed by atoms with van der Waals surface area (Å²) in [4.78, 5) is 27.6. The Morgan fingerprint density at radius 2 is 1.69 bits per heavy atom. The highest BCUT2D eigenvalue weighted by Gasteiger charge is 2.33. The van der Waals surface area contributed by atoms with Crippen molar-refractivity contribution in [1.82, 2.24) is 4.90 Å². The number of aryl methyl sites for hydroxylation is 1. The van der Waals surface area contributed by atoms with E-state index in [0.29, 0.717) is 12.8 Å². The third-order valence-corrected chi connectivity index (χ3v) is 5.61. The summed E-state index contributed by atoms with van der Waals surface area (Å²) in [5.74, 6) is -0.217. The van der Waals surface area contributed by atoms with E-state index in [9.17, 15) is 9.59 Å². The molecule has 1 heterocycles. The Balaban J connectivity index is 1.71. The molecule has 1 unspecified atom stereocenters. The van der Waals surface area contributed by atoms with Gasteiger partial charge in [-0.15, -0.1) is 0 Å². The Morgan fingerprint density at radius 3 is 2.41 bits per heavy atom. The number of nitrogens with one attached hydrogen (secondary N) is 1. The van der Waals surface area contributed by atoms with Gasteiger partial charge >= 0.3 is 0 Å². The van der Waals surface area contributed by atoms with Crippen LogP contribution < -0.4 is 5.32 Å². The normalized spacial score (nSPS) is 16.0. The summed E-state index contributed by atoms with van der Waals surface area (Å²) in [5.41, 5.74) is 3.74. The van der Waals surface area contributed by atoms with Gasteiger partial charge in [-0.25, -0.2) is 0 Å². The number of nitrogens with zero attached hydrogens (tertiary/aromatic N) is 1. The highest BCUT2D eigenvalue weighted by atomic mass is 79.9. The first-order chi connectivity index (χ1) is 14.1. The van der Waals surface area contributed by atoms with Gasteiger partial charge in [-0.3, -0.25) is 9.59 Å². The first kappa shape index (κ1) is 19.4. The van der Waals surface area contributed by atoms with E-state index < -0.39 is 0 Å². The number of hydrogen-bond donors (Lipinski definition) is 1. The number of amides is 2. The summed E-state index contributed by atoms with van der Waals surface area (Å²) in [6.45, 7) is 0.0273. The van der Waals surface area contributed by atoms with Crippen molar-refractivity contribution in [2.24, 2.45) is 0 Å². The van der Waals surface area contributed by atoms with Gasteiger partial charge in [0.05, 0.1) is 6.04 Å². The largest absolute Gasteiger partial charge is 0.324 e.